The molecule has 5 atom stereocenters. The van der Waals surface area contributed by atoms with Gasteiger partial charge < -0.3 is 19.5 Å². The molecule has 3 saturated heterocycles. The van der Waals surface area contributed by atoms with Crippen molar-refractivity contribution in [2.75, 3.05) is 19.8 Å². The predicted octanol–water partition coefficient (Wildman–Crippen LogP) is 5.93. The quantitative estimate of drug-likeness (QED) is 0.389. The fourth-order valence-corrected chi connectivity index (χ4v) is 7.24. The number of carbonyl (C=O) groups excluding carboxylic acids is 1. The van der Waals surface area contributed by atoms with E-state index in [2.05, 4.69) is 5.32 Å². The Bertz CT molecular complexity index is 1470. The van der Waals surface area contributed by atoms with Crippen molar-refractivity contribution in [1.82, 2.24) is 19.8 Å². The minimum Gasteiger partial charge on any atom is -0.366 e. The van der Waals surface area contributed by atoms with Gasteiger partial charge in [0.15, 0.2) is 6.10 Å². The van der Waals surface area contributed by atoms with Gasteiger partial charge in [-0.3, -0.25) is 4.79 Å². The van der Waals surface area contributed by atoms with Crippen LogP contribution in [0.5, 0.6) is 0 Å². The van der Waals surface area contributed by atoms with Crippen LogP contribution in [0.1, 0.15) is 51.0 Å². The lowest BCUT2D eigenvalue weighted by atomic mass is 9.74. The standard InChI is InChI=1S/C31H34ClF3N4O2/c1-30(2,3)26(39-16-19-12-22(14-33)37-31(19)9-10-41-27(31)29(39)40)28-36-25(23-13-20(32)7-8-24(23)35)17-38(28)15-18-5-4-6-21(34)11-18/h4-8,11,13,17,19,22,26-27,37H,9-10,12,14-16H2,1-3H3/t19-,22+,26+,27-,31?/m1/s1. The molecule has 4 heterocycles. The molecular weight excluding hydrogens is 553 g/mol. The number of hydrogen-bond donors (Lipinski definition) is 1. The van der Waals surface area contributed by atoms with E-state index in [9.17, 15) is 13.6 Å². The van der Waals surface area contributed by atoms with Gasteiger partial charge in [0.05, 0.1) is 17.3 Å². The van der Waals surface area contributed by atoms with Crippen molar-refractivity contribution < 1.29 is 22.7 Å². The number of halogens is 4. The van der Waals surface area contributed by atoms with Gasteiger partial charge in [-0.25, -0.2) is 18.2 Å². The number of amides is 1. The van der Waals surface area contributed by atoms with Crippen molar-refractivity contribution in [1.29, 1.82) is 0 Å². The third-order valence-electron chi connectivity index (χ3n) is 8.78. The Kier molecular flexibility index (Phi) is 7.19. The van der Waals surface area contributed by atoms with E-state index >= 15 is 4.39 Å². The van der Waals surface area contributed by atoms with Gasteiger partial charge in [-0.2, -0.15) is 0 Å². The molecular formula is C31H34ClF3N4O2. The lowest BCUT2D eigenvalue weighted by molar-refractivity contribution is -0.158. The molecule has 3 aliphatic rings. The normalized spacial score (nSPS) is 26.8. The lowest BCUT2D eigenvalue weighted by Gasteiger charge is -2.49. The zero-order chi connectivity index (χ0) is 29.1. The van der Waals surface area contributed by atoms with Crippen LogP contribution >= 0.6 is 11.6 Å². The molecule has 0 radical (unpaired) electrons. The average Bonchev–Trinajstić information content (AvgIpc) is 3.62. The van der Waals surface area contributed by atoms with Crippen LogP contribution in [0.15, 0.2) is 48.7 Å². The molecule has 2 aromatic carbocycles. The van der Waals surface area contributed by atoms with Crippen molar-refractivity contribution >= 4 is 17.5 Å². The molecule has 3 aliphatic heterocycles. The highest BCUT2D eigenvalue weighted by Crippen LogP contribution is 2.49. The summed E-state index contributed by atoms with van der Waals surface area (Å²) >= 11 is 6.22. The Morgan fingerprint density at radius 3 is 2.76 bits per heavy atom. The van der Waals surface area contributed by atoms with Crippen molar-refractivity contribution in [3.8, 4) is 11.3 Å². The summed E-state index contributed by atoms with van der Waals surface area (Å²) in [5.74, 6) is -0.454. The van der Waals surface area contributed by atoms with Crippen LogP contribution in [-0.4, -0.2) is 57.9 Å². The summed E-state index contributed by atoms with van der Waals surface area (Å²) in [6.45, 7) is 6.68. The average molecular weight is 587 g/mol. The van der Waals surface area contributed by atoms with Crippen molar-refractivity contribution in [3.63, 3.8) is 0 Å². The van der Waals surface area contributed by atoms with Gasteiger partial charge in [0.2, 0.25) is 0 Å². The summed E-state index contributed by atoms with van der Waals surface area (Å²) in [4.78, 5) is 21.0. The van der Waals surface area contributed by atoms with Crippen molar-refractivity contribution in [2.45, 2.75) is 63.9 Å². The van der Waals surface area contributed by atoms with E-state index in [0.29, 0.717) is 48.1 Å². The predicted molar refractivity (Wildman–Crippen MR) is 150 cm³/mol. The van der Waals surface area contributed by atoms with Crippen molar-refractivity contribution in [2.24, 2.45) is 11.3 Å². The Hall–Kier alpha value is -2.88. The van der Waals surface area contributed by atoms with E-state index in [1.165, 1.54) is 30.3 Å². The van der Waals surface area contributed by atoms with Crippen LogP contribution in [-0.2, 0) is 16.1 Å². The minimum atomic E-state index is -0.723. The van der Waals surface area contributed by atoms with Crippen LogP contribution in [0.25, 0.3) is 11.3 Å². The minimum absolute atomic E-state index is 0.00905. The maximum atomic E-state index is 15.0. The van der Waals surface area contributed by atoms with E-state index in [0.717, 1.165) is 0 Å². The van der Waals surface area contributed by atoms with Gasteiger partial charge in [-0.15, -0.1) is 0 Å². The van der Waals surface area contributed by atoms with E-state index in [4.69, 9.17) is 21.3 Å². The molecule has 1 amide bonds. The number of carbonyl (C=O) groups is 1. The van der Waals surface area contributed by atoms with Crippen LogP contribution in [0.4, 0.5) is 13.2 Å². The molecule has 0 saturated carbocycles. The number of nitrogens with one attached hydrogen (secondary N) is 1. The number of likely N-dealkylation sites (tertiary alicyclic amines) is 1. The first-order valence-corrected chi connectivity index (χ1v) is 14.4. The van der Waals surface area contributed by atoms with E-state index < -0.39 is 35.6 Å². The zero-order valence-electron chi connectivity index (χ0n) is 23.3. The molecule has 0 aliphatic carbocycles. The Morgan fingerprint density at radius 2 is 2.02 bits per heavy atom. The first-order chi connectivity index (χ1) is 19.5. The van der Waals surface area contributed by atoms with E-state index in [1.807, 2.05) is 36.3 Å². The highest BCUT2D eigenvalue weighted by molar-refractivity contribution is 6.30. The summed E-state index contributed by atoms with van der Waals surface area (Å²) in [7, 11) is 0. The number of aromatic nitrogens is 2. The first-order valence-electron chi connectivity index (χ1n) is 14.0. The summed E-state index contributed by atoms with van der Waals surface area (Å²) in [6.07, 6.45) is 2.27. The molecule has 3 fully saturated rings. The molecule has 41 heavy (non-hydrogen) atoms. The third kappa shape index (κ3) is 4.96. The molecule has 1 aromatic heterocycles. The lowest BCUT2D eigenvalue weighted by Crippen LogP contribution is -2.66. The van der Waals surface area contributed by atoms with Gasteiger partial charge >= 0.3 is 0 Å². The first kappa shape index (κ1) is 28.2. The molecule has 218 valence electrons. The smallest absolute Gasteiger partial charge is 0.254 e. The Labute approximate surface area is 242 Å². The highest BCUT2D eigenvalue weighted by Gasteiger charge is 2.63. The number of hydrogen-bond acceptors (Lipinski definition) is 4. The number of benzene rings is 2. The Morgan fingerprint density at radius 1 is 1.22 bits per heavy atom. The van der Waals surface area contributed by atoms with Crippen LogP contribution in [0.2, 0.25) is 5.02 Å². The number of nitrogens with zero attached hydrogens (tertiary/aromatic N) is 3. The summed E-state index contributed by atoms with van der Waals surface area (Å²) in [5, 5.41) is 3.78. The number of imidazole rings is 1. The Balaban J connectivity index is 1.47. The van der Waals surface area contributed by atoms with E-state index in [-0.39, 0.29) is 35.8 Å². The molecule has 3 aromatic rings. The van der Waals surface area contributed by atoms with Gasteiger partial charge in [0, 0.05) is 42.5 Å². The van der Waals surface area contributed by atoms with E-state index in [1.54, 1.807) is 12.3 Å². The topological polar surface area (TPSA) is 59.4 Å². The molecule has 6 nitrogen and oxygen atoms in total. The second-order valence-corrected chi connectivity index (χ2v) is 13.0. The van der Waals surface area contributed by atoms with Gasteiger partial charge in [0.25, 0.3) is 5.91 Å². The van der Waals surface area contributed by atoms with Gasteiger partial charge in [0.1, 0.15) is 24.1 Å². The largest absolute Gasteiger partial charge is 0.366 e. The fraction of sp³-hybridized carbons (Fsp3) is 0.484. The maximum Gasteiger partial charge on any atom is 0.254 e. The van der Waals surface area contributed by atoms with Crippen LogP contribution < -0.4 is 5.32 Å². The van der Waals surface area contributed by atoms with Gasteiger partial charge in [-0.1, -0.05) is 44.5 Å². The molecule has 1 N–H and O–H groups in total. The van der Waals surface area contributed by atoms with Crippen LogP contribution in [0, 0.1) is 23.0 Å². The van der Waals surface area contributed by atoms with Gasteiger partial charge in [-0.05, 0) is 60.1 Å². The second kappa shape index (κ2) is 10.4. The second-order valence-electron chi connectivity index (χ2n) is 12.6. The zero-order valence-corrected chi connectivity index (χ0v) is 24.1. The summed E-state index contributed by atoms with van der Waals surface area (Å²) < 4.78 is 50.9. The molecule has 10 heteroatoms. The number of alkyl halides is 1. The maximum absolute atomic E-state index is 15.0. The summed E-state index contributed by atoms with van der Waals surface area (Å²) in [5.41, 5.74) is 0.219. The number of piperidine rings is 1. The number of ether oxygens (including phenoxy) is 1. The highest BCUT2D eigenvalue weighted by atomic mass is 35.5. The number of rotatable bonds is 6. The SMILES string of the molecule is CC(C)(C)[C@H](c1nc(-c2cc(Cl)ccc2F)cn1Cc1cccc(F)c1)N1C[C@H]2C[C@@H](CF)NC23CCO[C@@H]3C1=O. The van der Waals surface area contributed by atoms with Crippen molar-refractivity contribution in [3.05, 3.63) is 76.7 Å². The fourth-order valence-electron chi connectivity index (χ4n) is 7.07. The molecule has 6 rings (SSSR count). The molecule has 0 bridgehead atoms. The molecule has 1 unspecified atom stereocenters. The summed E-state index contributed by atoms with van der Waals surface area (Å²) in [6, 6.07) is 9.71. The molecule has 1 spiro atoms. The monoisotopic (exact) mass is 586 g/mol. The van der Waals surface area contributed by atoms with Crippen LogP contribution in [0.3, 0.4) is 0 Å². The third-order valence-corrected chi connectivity index (χ3v) is 9.01.